The lowest BCUT2D eigenvalue weighted by molar-refractivity contribution is 0.0944. The van der Waals surface area contributed by atoms with E-state index in [1.54, 1.807) is 0 Å². The van der Waals surface area contributed by atoms with Gasteiger partial charge in [-0.05, 0) is 36.0 Å². The Kier molecular flexibility index (Phi) is 4.81. The molecule has 18 heavy (non-hydrogen) atoms. The Morgan fingerprint density at radius 3 is 2.61 bits per heavy atom. The van der Waals surface area contributed by atoms with Crippen LogP contribution in [0.5, 0.6) is 0 Å². The van der Waals surface area contributed by atoms with Crippen LogP contribution in [0.3, 0.4) is 0 Å². The van der Waals surface area contributed by atoms with Gasteiger partial charge in [-0.3, -0.25) is 4.79 Å². The van der Waals surface area contributed by atoms with Crippen LogP contribution in [-0.4, -0.2) is 12.5 Å². The van der Waals surface area contributed by atoms with E-state index in [9.17, 15) is 4.79 Å². The second kappa shape index (κ2) is 6.37. The number of rotatable bonds is 4. The maximum absolute atomic E-state index is 12.0. The van der Waals surface area contributed by atoms with Crippen LogP contribution in [0, 0.1) is 11.8 Å². The minimum absolute atomic E-state index is 0.0511. The Labute approximate surface area is 117 Å². The molecule has 1 aromatic carbocycles. The van der Waals surface area contributed by atoms with Gasteiger partial charge in [-0.1, -0.05) is 47.8 Å². The van der Waals surface area contributed by atoms with E-state index in [1.807, 2.05) is 24.3 Å². The molecule has 1 N–H and O–H groups in total. The molecule has 1 aromatic rings. The van der Waals surface area contributed by atoms with Crippen LogP contribution in [0.15, 0.2) is 24.3 Å². The van der Waals surface area contributed by atoms with E-state index in [2.05, 4.69) is 28.2 Å². The minimum Gasteiger partial charge on any atom is -0.352 e. The molecule has 0 heterocycles. The zero-order valence-electron chi connectivity index (χ0n) is 10.8. The number of benzene rings is 1. The molecular formula is C15H20BrNO. The van der Waals surface area contributed by atoms with Crippen molar-refractivity contribution >= 4 is 21.8 Å². The summed E-state index contributed by atoms with van der Waals surface area (Å²) in [4.78, 5) is 12.0. The van der Waals surface area contributed by atoms with Crippen molar-refractivity contribution in [1.82, 2.24) is 5.32 Å². The molecule has 0 spiro atoms. The normalized spacial score (nSPS) is 23.0. The van der Waals surface area contributed by atoms with Gasteiger partial charge in [-0.25, -0.2) is 0 Å². The van der Waals surface area contributed by atoms with E-state index in [0.29, 0.717) is 5.92 Å². The first-order valence-corrected chi connectivity index (χ1v) is 7.76. The summed E-state index contributed by atoms with van der Waals surface area (Å²) in [5, 5.41) is 3.89. The van der Waals surface area contributed by atoms with Gasteiger partial charge in [0.2, 0.25) is 0 Å². The standard InChI is InChI=1S/C15H20BrNO/c1-11-3-2-4-14(11)10-17-15(18)13-7-5-12(9-16)6-8-13/h5-8,11,14H,2-4,9-10H2,1H3,(H,17,18). The Morgan fingerprint density at radius 2 is 2.06 bits per heavy atom. The number of nitrogens with one attached hydrogen (secondary N) is 1. The lowest BCUT2D eigenvalue weighted by atomic mass is 9.98. The van der Waals surface area contributed by atoms with E-state index >= 15 is 0 Å². The number of hydrogen-bond acceptors (Lipinski definition) is 1. The Bertz CT molecular complexity index is 401. The first-order valence-electron chi connectivity index (χ1n) is 6.64. The number of carbonyl (C=O) groups excluding carboxylic acids is 1. The van der Waals surface area contributed by atoms with Gasteiger partial charge in [-0.15, -0.1) is 0 Å². The van der Waals surface area contributed by atoms with E-state index in [1.165, 1.54) is 24.8 Å². The second-order valence-electron chi connectivity index (χ2n) is 5.21. The molecule has 0 radical (unpaired) electrons. The van der Waals surface area contributed by atoms with Crippen LogP contribution in [-0.2, 0) is 5.33 Å². The topological polar surface area (TPSA) is 29.1 Å². The third kappa shape index (κ3) is 3.35. The molecule has 2 unspecified atom stereocenters. The first kappa shape index (κ1) is 13.6. The second-order valence-corrected chi connectivity index (χ2v) is 5.77. The van der Waals surface area contributed by atoms with Gasteiger partial charge in [-0.2, -0.15) is 0 Å². The molecule has 0 aromatic heterocycles. The third-order valence-corrected chi connectivity index (χ3v) is 4.58. The maximum atomic E-state index is 12.0. The molecule has 98 valence electrons. The van der Waals surface area contributed by atoms with Crippen molar-refractivity contribution in [2.24, 2.45) is 11.8 Å². The molecule has 0 saturated heterocycles. The summed E-state index contributed by atoms with van der Waals surface area (Å²) in [5.41, 5.74) is 1.95. The number of hydrogen-bond donors (Lipinski definition) is 1. The lowest BCUT2D eigenvalue weighted by Crippen LogP contribution is -2.30. The van der Waals surface area contributed by atoms with Crippen LogP contribution in [0.25, 0.3) is 0 Å². The highest BCUT2D eigenvalue weighted by Gasteiger charge is 2.23. The fourth-order valence-electron chi connectivity index (χ4n) is 2.60. The summed E-state index contributed by atoms with van der Waals surface area (Å²) in [6.07, 6.45) is 3.87. The molecule has 3 heteroatoms. The van der Waals surface area contributed by atoms with Gasteiger partial charge in [0.15, 0.2) is 0 Å². The zero-order chi connectivity index (χ0) is 13.0. The fraction of sp³-hybridized carbons (Fsp3) is 0.533. The van der Waals surface area contributed by atoms with Crippen molar-refractivity contribution in [2.75, 3.05) is 6.54 Å². The van der Waals surface area contributed by atoms with Crippen LogP contribution in [0.2, 0.25) is 0 Å². The predicted octanol–water partition coefficient (Wildman–Crippen LogP) is 3.75. The molecule has 1 amide bonds. The zero-order valence-corrected chi connectivity index (χ0v) is 12.4. The summed E-state index contributed by atoms with van der Waals surface area (Å²) >= 11 is 3.40. The van der Waals surface area contributed by atoms with E-state index in [4.69, 9.17) is 0 Å². The minimum atomic E-state index is 0.0511. The Hall–Kier alpha value is -0.830. The van der Waals surface area contributed by atoms with Crippen molar-refractivity contribution in [3.8, 4) is 0 Å². The predicted molar refractivity (Wildman–Crippen MR) is 77.9 cm³/mol. The summed E-state index contributed by atoms with van der Waals surface area (Å²) in [5.74, 6) is 1.46. The lowest BCUT2D eigenvalue weighted by Gasteiger charge is -2.15. The van der Waals surface area contributed by atoms with Crippen LogP contribution in [0.4, 0.5) is 0 Å². The molecule has 2 rings (SSSR count). The molecule has 1 saturated carbocycles. The summed E-state index contributed by atoms with van der Waals surface area (Å²) in [6, 6.07) is 7.76. The Balaban J connectivity index is 1.87. The van der Waals surface area contributed by atoms with Gasteiger partial charge >= 0.3 is 0 Å². The Morgan fingerprint density at radius 1 is 1.33 bits per heavy atom. The fourth-order valence-corrected chi connectivity index (χ4v) is 2.97. The van der Waals surface area contributed by atoms with E-state index in [0.717, 1.165) is 23.4 Å². The molecular weight excluding hydrogens is 290 g/mol. The highest BCUT2D eigenvalue weighted by Crippen LogP contribution is 2.30. The average Bonchev–Trinajstić information content (AvgIpc) is 2.81. The highest BCUT2D eigenvalue weighted by molar-refractivity contribution is 9.08. The molecule has 1 aliphatic carbocycles. The monoisotopic (exact) mass is 309 g/mol. The highest BCUT2D eigenvalue weighted by atomic mass is 79.9. The maximum Gasteiger partial charge on any atom is 0.251 e. The van der Waals surface area contributed by atoms with Gasteiger partial charge < -0.3 is 5.32 Å². The van der Waals surface area contributed by atoms with Gasteiger partial charge in [0, 0.05) is 17.4 Å². The molecule has 0 bridgehead atoms. The third-order valence-electron chi connectivity index (χ3n) is 3.93. The number of carbonyl (C=O) groups is 1. The average molecular weight is 310 g/mol. The van der Waals surface area contributed by atoms with Crippen molar-refractivity contribution in [3.05, 3.63) is 35.4 Å². The first-order chi connectivity index (χ1) is 8.70. The van der Waals surface area contributed by atoms with Crippen LogP contribution >= 0.6 is 15.9 Å². The molecule has 0 aliphatic heterocycles. The summed E-state index contributed by atoms with van der Waals surface area (Å²) < 4.78 is 0. The van der Waals surface area contributed by atoms with Crippen molar-refractivity contribution in [1.29, 1.82) is 0 Å². The molecule has 2 atom stereocenters. The number of halogens is 1. The largest absolute Gasteiger partial charge is 0.352 e. The van der Waals surface area contributed by atoms with Gasteiger partial charge in [0.1, 0.15) is 0 Å². The summed E-state index contributed by atoms with van der Waals surface area (Å²) in [6.45, 7) is 3.11. The van der Waals surface area contributed by atoms with E-state index in [-0.39, 0.29) is 5.91 Å². The molecule has 1 fully saturated rings. The quantitative estimate of drug-likeness (QED) is 0.843. The number of alkyl halides is 1. The van der Waals surface area contributed by atoms with Crippen molar-refractivity contribution in [2.45, 2.75) is 31.5 Å². The van der Waals surface area contributed by atoms with Crippen molar-refractivity contribution < 1.29 is 4.79 Å². The smallest absolute Gasteiger partial charge is 0.251 e. The molecule has 1 aliphatic rings. The van der Waals surface area contributed by atoms with Gasteiger partial charge in [0.25, 0.3) is 5.91 Å². The van der Waals surface area contributed by atoms with Crippen LogP contribution in [0.1, 0.15) is 42.1 Å². The SMILES string of the molecule is CC1CCCC1CNC(=O)c1ccc(CBr)cc1. The van der Waals surface area contributed by atoms with Crippen molar-refractivity contribution in [3.63, 3.8) is 0 Å². The van der Waals surface area contributed by atoms with E-state index < -0.39 is 0 Å². The van der Waals surface area contributed by atoms with Crippen LogP contribution < -0.4 is 5.32 Å². The number of amides is 1. The summed E-state index contributed by atoms with van der Waals surface area (Å²) in [7, 11) is 0. The molecule has 2 nitrogen and oxygen atoms in total. The van der Waals surface area contributed by atoms with Gasteiger partial charge in [0.05, 0.1) is 0 Å².